The largest absolute Gasteiger partial charge is 0.504 e. The predicted octanol–water partition coefficient (Wildman–Crippen LogP) is 6.67. The molecular weight excluding hydrogens is 512 g/mol. The maximum atomic E-state index is 13.9. The van der Waals surface area contributed by atoms with Crippen LogP contribution < -0.4 is 21.1 Å². The zero-order chi connectivity index (χ0) is 28.9. The first-order chi connectivity index (χ1) is 19.8. The number of carbonyl (C=O) groups excluding carboxylic acids is 1. The smallest absolute Gasteiger partial charge is 0.247 e. The fourth-order valence-electron chi connectivity index (χ4n) is 4.99. The molecule has 7 heteroatoms. The number of nitrogens with zero attached hydrogens (tertiary/aromatic N) is 1. The summed E-state index contributed by atoms with van der Waals surface area (Å²) in [7, 11) is 0. The molecular formula is C34H34N4O3. The summed E-state index contributed by atoms with van der Waals surface area (Å²) >= 11 is 0. The molecule has 0 aliphatic rings. The molecule has 0 aliphatic heterocycles. The molecule has 1 heterocycles. The zero-order valence-corrected chi connectivity index (χ0v) is 23.4. The Morgan fingerprint density at radius 2 is 1.80 bits per heavy atom. The van der Waals surface area contributed by atoms with Crippen LogP contribution >= 0.6 is 0 Å². The van der Waals surface area contributed by atoms with Crippen LogP contribution in [0.25, 0.3) is 21.9 Å². The number of aryl methyl sites for hydroxylation is 2. The van der Waals surface area contributed by atoms with Crippen molar-refractivity contribution in [3.8, 4) is 22.6 Å². The molecule has 0 fully saturated rings. The molecule has 1 atom stereocenters. The molecule has 1 unspecified atom stereocenters. The molecule has 208 valence electrons. The highest BCUT2D eigenvalue weighted by Gasteiger charge is 2.23. The van der Waals surface area contributed by atoms with E-state index in [0.29, 0.717) is 30.3 Å². The number of phenolic OH excluding ortho intramolecular Hbond substituents is 1. The van der Waals surface area contributed by atoms with E-state index in [2.05, 4.69) is 53.7 Å². The first-order valence-corrected chi connectivity index (χ1v) is 13.6. The van der Waals surface area contributed by atoms with Crippen LogP contribution in [0.5, 0.6) is 11.5 Å². The van der Waals surface area contributed by atoms with Crippen LogP contribution in [0.15, 0.2) is 91.1 Å². The molecule has 1 amide bonds. The lowest BCUT2D eigenvalue weighted by Gasteiger charge is -2.22. The summed E-state index contributed by atoms with van der Waals surface area (Å²) in [5.41, 5.74) is 13.0. The maximum absolute atomic E-state index is 13.9. The van der Waals surface area contributed by atoms with Crippen molar-refractivity contribution < 1.29 is 14.6 Å². The van der Waals surface area contributed by atoms with Crippen LogP contribution in [0, 0.1) is 13.8 Å². The minimum absolute atomic E-state index is 0.0193. The molecule has 1 aromatic heterocycles. The monoisotopic (exact) mass is 546 g/mol. The first kappa shape index (κ1) is 27.5. The Bertz CT molecular complexity index is 1720. The number of benzene rings is 4. The van der Waals surface area contributed by atoms with Gasteiger partial charge in [0.2, 0.25) is 5.91 Å². The number of carbonyl (C=O) groups is 1. The number of fused-ring (bicyclic) bond motifs is 1. The molecule has 0 saturated carbocycles. The van der Waals surface area contributed by atoms with E-state index < -0.39 is 6.04 Å². The molecule has 5 aromatic rings. The molecule has 0 spiro atoms. The van der Waals surface area contributed by atoms with Crippen LogP contribution in [0.2, 0.25) is 0 Å². The van der Waals surface area contributed by atoms with Gasteiger partial charge in [-0.2, -0.15) is 0 Å². The lowest BCUT2D eigenvalue weighted by atomic mass is 9.94. The average Bonchev–Trinajstić information content (AvgIpc) is 2.97. The molecule has 5 N–H and O–H groups in total. The van der Waals surface area contributed by atoms with Gasteiger partial charge in [0.05, 0.1) is 6.61 Å². The first-order valence-electron chi connectivity index (χ1n) is 13.6. The number of phenols is 1. The van der Waals surface area contributed by atoms with E-state index in [-0.39, 0.29) is 11.7 Å². The summed E-state index contributed by atoms with van der Waals surface area (Å²) < 4.78 is 5.61. The van der Waals surface area contributed by atoms with Crippen LogP contribution in [0.1, 0.15) is 35.2 Å². The van der Waals surface area contributed by atoms with Gasteiger partial charge in [0.15, 0.2) is 11.5 Å². The number of hydrogen-bond donors (Lipinski definition) is 4. The summed E-state index contributed by atoms with van der Waals surface area (Å²) in [5.74, 6) is 0.571. The number of nitrogens with one attached hydrogen (secondary N) is 2. The van der Waals surface area contributed by atoms with Gasteiger partial charge < -0.3 is 26.2 Å². The van der Waals surface area contributed by atoms with Gasteiger partial charge in [0, 0.05) is 23.8 Å². The summed E-state index contributed by atoms with van der Waals surface area (Å²) in [6.45, 7) is 6.75. The van der Waals surface area contributed by atoms with Crippen LogP contribution in [-0.4, -0.2) is 22.6 Å². The quantitative estimate of drug-likeness (QED) is 0.164. The van der Waals surface area contributed by atoms with Gasteiger partial charge in [-0.1, -0.05) is 54.1 Å². The Balaban J connectivity index is 1.46. The van der Waals surface area contributed by atoms with Crippen molar-refractivity contribution in [2.75, 3.05) is 17.7 Å². The van der Waals surface area contributed by atoms with Crippen LogP contribution in [0.4, 0.5) is 11.5 Å². The molecule has 0 aliphatic carbocycles. The number of nitrogens with two attached hydrogens (primary N) is 1. The van der Waals surface area contributed by atoms with Gasteiger partial charge in [-0.05, 0) is 90.4 Å². The molecule has 0 radical (unpaired) electrons. The number of anilines is 2. The van der Waals surface area contributed by atoms with Crippen molar-refractivity contribution in [2.24, 2.45) is 0 Å². The number of aromatic nitrogens is 1. The van der Waals surface area contributed by atoms with Crippen molar-refractivity contribution in [2.45, 2.75) is 33.4 Å². The summed E-state index contributed by atoms with van der Waals surface area (Å²) in [4.78, 5) is 18.0. The Labute approximate surface area is 240 Å². The summed E-state index contributed by atoms with van der Waals surface area (Å²) in [6.07, 6.45) is 1.66. The van der Waals surface area contributed by atoms with Crippen molar-refractivity contribution in [3.63, 3.8) is 0 Å². The predicted molar refractivity (Wildman–Crippen MR) is 165 cm³/mol. The van der Waals surface area contributed by atoms with E-state index >= 15 is 0 Å². The number of hydrogen-bond acceptors (Lipinski definition) is 6. The minimum Gasteiger partial charge on any atom is -0.504 e. The van der Waals surface area contributed by atoms with Gasteiger partial charge in [-0.15, -0.1) is 0 Å². The third kappa shape index (κ3) is 6.09. The third-order valence-electron chi connectivity index (χ3n) is 7.14. The normalized spacial score (nSPS) is 11.7. The summed E-state index contributed by atoms with van der Waals surface area (Å²) in [5, 5.41) is 18.6. The van der Waals surface area contributed by atoms with E-state index in [4.69, 9.17) is 10.5 Å². The number of pyridine rings is 1. The number of amides is 1. The number of ether oxygens (including phenoxy) is 1. The second-order valence-corrected chi connectivity index (χ2v) is 10.1. The van der Waals surface area contributed by atoms with Crippen LogP contribution in [-0.2, 0) is 11.3 Å². The Morgan fingerprint density at radius 3 is 2.63 bits per heavy atom. The molecule has 0 saturated heterocycles. The molecule has 41 heavy (non-hydrogen) atoms. The second-order valence-electron chi connectivity index (χ2n) is 10.1. The highest BCUT2D eigenvalue weighted by molar-refractivity contribution is 5.94. The van der Waals surface area contributed by atoms with E-state index in [1.54, 1.807) is 24.4 Å². The highest BCUT2D eigenvalue weighted by atomic mass is 16.5. The lowest BCUT2D eigenvalue weighted by molar-refractivity contribution is -0.122. The molecule has 0 bridgehead atoms. The number of rotatable bonds is 9. The standard InChI is InChI=1S/C34H34N4O3/c1-4-41-31-19-24(11-14-30(31)39)32(38-26-12-13-28-23(18-26)15-16-36-33(28)35)34(40)37-20-25-7-5-6-8-27(25)29-17-21(2)9-10-22(29)3/h5-19,32,38-39H,4,20H2,1-3H3,(H2,35,36)(H,37,40). The van der Waals surface area contributed by atoms with Gasteiger partial charge in [0.1, 0.15) is 11.9 Å². The van der Waals surface area contributed by atoms with Gasteiger partial charge in [-0.3, -0.25) is 4.79 Å². The molecule has 4 aromatic carbocycles. The topological polar surface area (TPSA) is 110 Å². The molecule has 5 rings (SSSR count). The summed E-state index contributed by atoms with van der Waals surface area (Å²) in [6, 6.07) is 26.3. The lowest BCUT2D eigenvalue weighted by Crippen LogP contribution is -2.33. The fraction of sp³-hybridized carbons (Fsp3) is 0.176. The fourth-order valence-corrected chi connectivity index (χ4v) is 4.99. The van der Waals surface area contributed by atoms with E-state index in [1.807, 2.05) is 49.4 Å². The van der Waals surface area contributed by atoms with Crippen molar-refractivity contribution in [3.05, 3.63) is 113 Å². The second kappa shape index (κ2) is 12.0. The Morgan fingerprint density at radius 1 is 0.976 bits per heavy atom. The van der Waals surface area contributed by atoms with E-state index in [0.717, 1.165) is 33.2 Å². The number of nitrogen functional groups attached to an aromatic ring is 1. The van der Waals surface area contributed by atoms with Gasteiger partial charge in [-0.25, -0.2) is 4.98 Å². The Hall–Kier alpha value is -5.04. The van der Waals surface area contributed by atoms with E-state index in [1.165, 1.54) is 11.1 Å². The molecule has 7 nitrogen and oxygen atoms in total. The van der Waals surface area contributed by atoms with Crippen LogP contribution in [0.3, 0.4) is 0 Å². The third-order valence-corrected chi connectivity index (χ3v) is 7.14. The zero-order valence-electron chi connectivity index (χ0n) is 23.4. The van der Waals surface area contributed by atoms with Crippen molar-refractivity contribution in [1.82, 2.24) is 10.3 Å². The SMILES string of the molecule is CCOc1cc(C(Nc2ccc3c(N)nccc3c2)C(=O)NCc2ccccc2-c2cc(C)ccc2C)ccc1O. The maximum Gasteiger partial charge on any atom is 0.247 e. The average molecular weight is 547 g/mol. The minimum atomic E-state index is -0.765. The van der Waals surface area contributed by atoms with Gasteiger partial charge in [0.25, 0.3) is 0 Å². The Kier molecular flexibility index (Phi) is 8.06. The van der Waals surface area contributed by atoms with E-state index in [9.17, 15) is 9.90 Å². The van der Waals surface area contributed by atoms with Crippen molar-refractivity contribution in [1.29, 1.82) is 0 Å². The van der Waals surface area contributed by atoms with Crippen molar-refractivity contribution >= 4 is 28.2 Å². The number of aromatic hydroxyl groups is 1. The highest BCUT2D eigenvalue weighted by Crippen LogP contribution is 2.33. The van der Waals surface area contributed by atoms with Gasteiger partial charge >= 0.3 is 0 Å².